The molecule has 0 unspecified atom stereocenters. The van der Waals surface area contributed by atoms with Crippen molar-refractivity contribution in [1.29, 1.82) is 0 Å². The van der Waals surface area contributed by atoms with Crippen LogP contribution in [0.1, 0.15) is 18.4 Å². The molecule has 1 saturated carbocycles. The van der Waals surface area contributed by atoms with Crippen LogP contribution in [-0.2, 0) is 6.54 Å². The maximum atomic E-state index is 6.29. The third-order valence-corrected chi connectivity index (χ3v) is 5.13. The number of benzene rings is 1. The Morgan fingerprint density at radius 2 is 2.33 bits per heavy atom. The van der Waals surface area contributed by atoms with Gasteiger partial charge in [0.15, 0.2) is 4.34 Å². The maximum absolute atomic E-state index is 6.29. The third-order valence-electron chi connectivity index (χ3n) is 2.74. The van der Waals surface area contributed by atoms with Gasteiger partial charge in [-0.15, -0.1) is 10.2 Å². The second-order valence-electron chi connectivity index (χ2n) is 4.19. The van der Waals surface area contributed by atoms with Crippen LogP contribution in [-0.4, -0.2) is 16.2 Å². The van der Waals surface area contributed by atoms with Crippen LogP contribution < -0.4 is 5.32 Å². The highest BCUT2D eigenvalue weighted by Gasteiger charge is 2.21. The smallest absolute Gasteiger partial charge is 0.178 e. The molecule has 0 radical (unpaired) electrons. The molecule has 0 bridgehead atoms. The van der Waals surface area contributed by atoms with Gasteiger partial charge in [0.2, 0.25) is 0 Å². The highest BCUT2D eigenvalue weighted by atomic mass is 35.5. The molecule has 0 saturated heterocycles. The van der Waals surface area contributed by atoms with E-state index < -0.39 is 0 Å². The summed E-state index contributed by atoms with van der Waals surface area (Å²) in [5.74, 6) is 0. The predicted octanol–water partition coefficient (Wildman–Crippen LogP) is 3.59. The van der Waals surface area contributed by atoms with E-state index in [-0.39, 0.29) is 0 Å². The van der Waals surface area contributed by atoms with Crippen molar-refractivity contribution in [3.63, 3.8) is 0 Å². The van der Waals surface area contributed by atoms with Crippen LogP contribution in [0.5, 0.6) is 0 Å². The molecular formula is C12H12ClN3S2. The molecule has 6 heteroatoms. The molecule has 1 aromatic carbocycles. The molecule has 1 N–H and O–H groups in total. The number of hydrogen-bond acceptors (Lipinski definition) is 5. The first-order valence-corrected chi connectivity index (χ1v) is 7.85. The second kappa shape index (κ2) is 5.57. The van der Waals surface area contributed by atoms with Crippen LogP contribution in [0, 0.1) is 0 Å². The Hall–Kier alpha value is -0.620. The Labute approximate surface area is 119 Å². The average molecular weight is 298 g/mol. The number of nitrogens with zero attached hydrogens (tertiary/aromatic N) is 2. The quantitative estimate of drug-likeness (QED) is 0.915. The van der Waals surface area contributed by atoms with Gasteiger partial charge in [0.1, 0.15) is 5.51 Å². The van der Waals surface area contributed by atoms with Crippen molar-refractivity contribution in [3.8, 4) is 0 Å². The summed E-state index contributed by atoms with van der Waals surface area (Å²) in [6, 6.07) is 6.73. The van der Waals surface area contributed by atoms with Gasteiger partial charge in [0.05, 0.1) is 5.02 Å². The fraction of sp³-hybridized carbons (Fsp3) is 0.333. The number of halogens is 1. The van der Waals surface area contributed by atoms with Crippen LogP contribution in [0.25, 0.3) is 0 Å². The van der Waals surface area contributed by atoms with E-state index >= 15 is 0 Å². The fourth-order valence-electron chi connectivity index (χ4n) is 1.64. The van der Waals surface area contributed by atoms with Crippen LogP contribution >= 0.6 is 34.7 Å². The zero-order valence-electron chi connectivity index (χ0n) is 9.60. The monoisotopic (exact) mass is 297 g/mol. The summed E-state index contributed by atoms with van der Waals surface area (Å²) in [6.07, 6.45) is 2.58. The fourth-order valence-corrected chi connectivity index (χ4v) is 3.50. The Kier molecular flexibility index (Phi) is 3.84. The van der Waals surface area contributed by atoms with Crippen molar-refractivity contribution < 1.29 is 0 Å². The van der Waals surface area contributed by atoms with E-state index in [9.17, 15) is 0 Å². The topological polar surface area (TPSA) is 37.8 Å². The molecule has 1 heterocycles. The van der Waals surface area contributed by atoms with Crippen LogP contribution in [0.4, 0.5) is 0 Å². The predicted molar refractivity (Wildman–Crippen MR) is 75.3 cm³/mol. The summed E-state index contributed by atoms with van der Waals surface area (Å²) in [5.41, 5.74) is 2.97. The lowest BCUT2D eigenvalue weighted by Crippen LogP contribution is -2.15. The van der Waals surface area contributed by atoms with E-state index in [1.807, 2.05) is 12.1 Å². The molecule has 3 rings (SSSR count). The van der Waals surface area contributed by atoms with Gasteiger partial charge in [-0.1, -0.05) is 46.8 Å². The van der Waals surface area contributed by atoms with Gasteiger partial charge in [0.25, 0.3) is 0 Å². The maximum Gasteiger partial charge on any atom is 0.178 e. The summed E-state index contributed by atoms with van der Waals surface area (Å²) >= 11 is 9.41. The van der Waals surface area contributed by atoms with E-state index in [0.717, 1.165) is 20.8 Å². The van der Waals surface area contributed by atoms with E-state index in [1.54, 1.807) is 17.3 Å². The second-order valence-corrected chi connectivity index (χ2v) is 6.69. The average Bonchev–Trinajstić information content (AvgIpc) is 3.06. The minimum Gasteiger partial charge on any atom is -0.310 e. The number of hydrogen-bond donors (Lipinski definition) is 1. The Bertz CT molecular complexity index is 526. The molecule has 1 aliphatic carbocycles. The van der Waals surface area contributed by atoms with Crippen molar-refractivity contribution in [2.45, 2.75) is 34.7 Å². The Balaban J connectivity index is 1.80. The largest absolute Gasteiger partial charge is 0.310 e. The molecule has 0 atom stereocenters. The summed E-state index contributed by atoms with van der Waals surface area (Å²) in [4.78, 5) is 1.09. The lowest BCUT2D eigenvalue weighted by Gasteiger charge is -2.10. The molecule has 2 aromatic rings. The summed E-state index contributed by atoms with van der Waals surface area (Å²) in [7, 11) is 0. The number of nitrogens with one attached hydrogen (secondary N) is 1. The standard InChI is InChI=1S/C12H12ClN3S2/c13-10-3-1-2-8(6-14-9-4-5-9)11(10)18-12-16-15-7-17-12/h1-3,7,9,14H,4-6H2. The van der Waals surface area contributed by atoms with E-state index in [1.165, 1.54) is 29.7 Å². The highest BCUT2D eigenvalue weighted by molar-refractivity contribution is 8.01. The van der Waals surface area contributed by atoms with Gasteiger partial charge in [0, 0.05) is 17.5 Å². The molecule has 1 aromatic heterocycles. The van der Waals surface area contributed by atoms with Gasteiger partial charge in [-0.2, -0.15) is 0 Å². The molecular weight excluding hydrogens is 286 g/mol. The van der Waals surface area contributed by atoms with Crippen LogP contribution in [0.2, 0.25) is 5.02 Å². The van der Waals surface area contributed by atoms with Gasteiger partial charge in [-0.3, -0.25) is 0 Å². The van der Waals surface area contributed by atoms with Crippen molar-refractivity contribution in [2.75, 3.05) is 0 Å². The normalized spacial score (nSPS) is 14.9. The molecule has 0 amide bonds. The van der Waals surface area contributed by atoms with E-state index in [0.29, 0.717) is 6.04 Å². The minimum atomic E-state index is 0.698. The first-order valence-electron chi connectivity index (χ1n) is 5.78. The van der Waals surface area contributed by atoms with Crippen molar-refractivity contribution >= 4 is 34.7 Å². The summed E-state index contributed by atoms with van der Waals surface area (Å²) < 4.78 is 0.927. The molecule has 0 spiro atoms. The highest BCUT2D eigenvalue weighted by Crippen LogP contribution is 2.36. The molecule has 0 aliphatic heterocycles. The van der Waals surface area contributed by atoms with E-state index in [4.69, 9.17) is 11.6 Å². The van der Waals surface area contributed by atoms with Gasteiger partial charge in [-0.05, 0) is 24.5 Å². The molecule has 1 fully saturated rings. The van der Waals surface area contributed by atoms with Crippen molar-refractivity contribution in [3.05, 3.63) is 34.3 Å². The van der Waals surface area contributed by atoms with Gasteiger partial charge < -0.3 is 5.32 Å². The summed E-state index contributed by atoms with van der Waals surface area (Å²) in [5, 5.41) is 12.2. The zero-order chi connectivity index (χ0) is 12.4. The Morgan fingerprint density at radius 1 is 1.44 bits per heavy atom. The van der Waals surface area contributed by atoms with Crippen molar-refractivity contribution in [2.24, 2.45) is 0 Å². The SMILES string of the molecule is Clc1cccc(CNC2CC2)c1Sc1nncs1. The third kappa shape index (κ3) is 3.03. The lowest BCUT2D eigenvalue weighted by molar-refractivity contribution is 0.680. The number of aromatic nitrogens is 2. The van der Waals surface area contributed by atoms with Crippen LogP contribution in [0.3, 0.4) is 0 Å². The summed E-state index contributed by atoms with van der Waals surface area (Å²) in [6.45, 7) is 0.867. The molecule has 18 heavy (non-hydrogen) atoms. The van der Waals surface area contributed by atoms with Gasteiger partial charge >= 0.3 is 0 Å². The lowest BCUT2D eigenvalue weighted by atomic mass is 10.2. The molecule has 3 nitrogen and oxygen atoms in total. The zero-order valence-corrected chi connectivity index (χ0v) is 12.0. The van der Waals surface area contributed by atoms with Crippen LogP contribution in [0.15, 0.2) is 32.9 Å². The molecule has 1 aliphatic rings. The minimum absolute atomic E-state index is 0.698. The Morgan fingerprint density at radius 3 is 3.06 bits per heavy atom. The number of rotatable bonds is 5. The van der Waals surface area contributed by atoms with E-state index in [2.05, 4.69) is 21.6 Å². The van der Waals surface area contributed by atoms with Gasteiger partial charge in [-0.25, -0.2) is 0 Å². The first-order chi connectivity index (χ1) is 8.83. The molecule has 94 valence electrons. The first kappa shape index (κ1) is 12.4. The van der Waals surface area contributed by atoms with Crippen molar-refractivity contribution in [1.82, 2.24) is 15.5 Å².